The standard InChI is InChI=1S/C12H16N2O/c1-9(2)12(8-15)14-11-5-3-10(7-13)4-6-11/h3-6,9,12,14-15H,8H2,1-2H3. The van der Waals surface area contributed by atoms with E-state index >= 15 is 0 Å². The van der Waals surface area contributed by atoms with E-state index in [1.54, 1.807) is 12.1 Å². The minimum absolute atomic E-state index is 0.0536. The fraction of sp³-hybridized carbons (Fsp3) is 0.417. The Balaban J connectivity index is 2.68. The van der Waals surface area contributed by atoms with E-state index in [1.165, 1.54) is 0 Å². The smallest absolute Gasteiger partial charge is 0.0991 e. The molecule has 0 aliphatic carbocycles. The van der Waals surface area contributed by atoms with E-state index in [9.17, 15) is 0 Å². The minimum Gasteiger partial charge on any atom is -0.394 e. The van der Waals surface area contributed by atoms with Crippen LogP contribution in [0.2, 0.25) is 0 Å². The fourth-order valence-electron chi connectivity index (χ4n) is 1.28. The number of nitrogens with one attached hydrogen (secondary N) is 1. The second-order valence-electron chi connectivity index (χ2n) is 3.87. The monoisotopic (exact) mass is 204 g/mol. The summed E-state index contributed by atoms with van der Waals surface area (Å²) in [6.07, 6.45) is 0. The van der Waals surface area contributed by atoms with Gasteiger partial charge in [-0.3, -0.25) is 0 Å². The molecule has 0 fully saturated rings. The van der Waals surface area contributed by atoms with Crippen molar-refractivity contribution in [1.29, 1.82) is 5.26 Å². The lowest BCUT2D eigenvalue weighted by Crippen LogP contribution is -2.29. The average molecular weight is 204 g/mol. The molecule has 1 aromatic carbocycles. The molecule has 3 nitrogen and oxygen atoms in total. The summed E-state index contributed by atoms with van der Waals surface area (Å²) in [6.45, 7) is 4.22. The fourth-order valence-corrected chi connectivity index (χ4v) is 1.28. The van der Waals surface area contributed by atoms with Crippen molar-refractivity contribution >= 4 is 5.69 Å². The lowest BCUT2D eigenvalue weighted by Gasteiger charge is -2.21. The molecule has 0 aromatic heterocycles. The number of aliphatic hydroxyl groups is 1. The summed E-state index contributed by atoms with van der Waals surface area (Å²) < 4.78 is 0. The predicted molar refractivity (Wildman–Crippen MR) is 60.5 cm³/mol. The van der Waals surface area contributed by atoms with Crippen LogP contribution in [0, 0.1) is 17.2 Å². The van der Waals surface area contributed by atoms with Gasteiger partial charge in [0.2, 0.25) is 0 Å². The molecule has 1 unspecified atom stereocenters. The highest BCUT2D eigenvalue weighted by molar-refractivity contribution is 5.47. The zero-order valence-corrected chi connectivity index (χ0v) is 9.07. The number of anilines is 1. The van der Waals surface area contributed by atoms with Crippen LogP contribution in [0.1, 0.15) is 19.4 Å². The molecule has 2 N–H and O–H groups in total. The highest BCUT2D eigenvalue weighted by atomic mass is 16.3. The quantitative estimate of drug-likeness (QED) is 0.788. The lowest BCUT2D eigenvalue weighted by atomic mass is 10.0. The van der Waals surface area contributed by atoms with Gasteiger partial charge in [-0.1, -0.05) is 13.8 Å². The van der Waals surface area contributed by atoms with Crippen LogP contribution in [-0.4, -0.2) is 17.8 Å². The molecule has 0 radical (unpaired) electrons. The van der Waals surface area contributed by atoms with Gasteiger partial charge in [-0.25, -0.2) is 0 Å². The van der Waals surface area contributed by atoms with Crippen LogP contribution in [0.25, 0.3) is 0 Å². The number of nitrogens with zero attached hydrogens (tertiary/aromatic N) is 1. The Bertz CT molecular complexity index is 338. The van der Waals surface area contributed by atoms with Crippen molar-refractivity contribution < 1.29 is 5.11 Å². The van der Waals surface area contributed by atoms with Gasteiger partial charge in [0.1, 0.15) is 0 Å². The molecule has 0 bridgehead atoms. The number of hydrogen-bond donors (Lipinski definition) is 2. The van der Waals surface area contributed by atoms with E-state index in [4.69, 9.17) is 10.4 Å². The lowest BCUT2D eigenvalue weighted by molar-refractivity contribution is 0.249. The Kier molecular flexibility index (Phi) is 4.14. The third-order valence-corrected chi connectivity index (χ3v) is 2.37. The van der Waals surface area contributed by atoms with Crippen molar-refractivity contribution in [3.8, 4) is 6.07 Å². The van der Waals surface area contributed by atoms with Gasteiger partial charge in [0.05, 0.1) is 24.3 Å². The third-order valence-electron chi connectivity index (χ3n) is 2.37. The van der Waals surface area contributed by atoms with Gasteiger partial charge in [-0.15, -0.1) is 0 Å². The SMILES string of the molecule is CC(C)C(CO)Nc1ccc(C#N)cc1. The van der Waals surface area contributed by atoms with E-state index in [0.29, 0.717) is 11.5 Å². The van der Waals surface area contributed by atoms with Crippen LogP contribution in [0.15, 0.2) is 24.3 Å². The average Bonchev–Trinajstić information content (AvgIpc) is 2.26. The molecule has 1 rings (SSSR count). The molecule has 80 valence electrons. The zero-order chi connectivity index (χ0) is 11.3. The Morgan fingerprint density at radius 3 is 2.33 bits per heavy atom. The van der Waals surface area contributed by atoms with Crippen LogP contribution in [-0.2, 0) is 0 Å². The molecule has 0 amide bonds. The first-order chi connectivity index (χ1) is 7.17. The molecule has 0 spiro atoms. The molecule has 0 aliphatic rings. The van der Waals surface area contributed by atoms with Gasteiger partial charge in [0.15, 0.2) is 0 Å². The minimum atomic E-state index is 0.0536. The summed E-state index contributed by atoms with van der Waals surface area (Å²) in [6, 6.07) is 9.34. The molecule has 0 heterocycles. The first kappa shape index (κ1) is 11.5. The first-order valence-corrected chi connectivity index (χ1v) is 5.05. The van der Waals surface area contributed by atoms with Gasteiger partial charge >= 0.3 is 0 Å². The normalized spacial score (nSPS) is 12.2. The topological polar surface area (TPSA) is 56.0 Å². The van der Waals surface area contributed by atoms with Crippen molar-refractivity contribution in [2.24, 2.45) is 5.92 Å². The maximum absolute atomic E-state index is 9.14. The Morgan fingerprint density at radius 1 is 1.33 bits per heavy atom. The summed E-state index contributed by atoms with van der Waals surface area (Å²) in [5.74, 6) is 0.366. The molecule has 0 aliphatic heterocycles. The predicted octanol–water partition coefficient (Wildman–Crippen LogP) is 1.99. The molecule has 3 heteroatoms. The second-order valence-corrected chi connectivity index (χ2v) is 3.87. The third kappa shape index (κ3) is 3.26. The molecule has 0 saturated carbocycles. The van der Waals surface area contributed by atoms with Crippen molar-refractivity contribution in [2.45, 2.75) is 19.9 Å². The maximum atomic E-state index is 9.14. The van der Waals surface area contributed by atoms with Crippen molar-refractivity contribution in [3.63, 3.8) is 0 Å². The highest BCUT2D eigenvalue weighted by Crippen LogP contribution is 2.13. The van der Waals surface area contributed by atoms with Crippen molar-refractivity contribution in [1.82, 2.24) is 0 Å². The maximum Gasteiger partial charge on any atom is 0.0991 e. The van der Waals surface area contributed by atoms with E-state index in [-0.39, 0.29) is 12.6 Å². The molecule has 1 atom stereocenters. The van der Waals surface area contributed by atoms with Crippen molar-refractivity contribution in [3.05, 3.63) is 29.8 Å². The van der Waals surface area contributed by atoms with Crippen LogP contribution >= 0.6 is 0 Å². The van der Waals surface area contributed by atoms with E-state index in [0.717, 1.165) is 5.69 Å². The second kappa shape index (κ2) is 5.38. The summed E-state index contributed by atoms with van der Waals surface area (Å²) in [5, 5.41) is 21.0. The molecular weight excluding hydrogens is 188 g/mol. The summed E-state index contributed by atoms with van der Waals surface area (Å²) in [4.78, 5) is 0. The highest BCUT2D eigenvalue weighted by Gasteiger charge is 2.11. The van der Waals surface area contributed by atoms with Gasteiger partial charge in [-0.2, -0.15) is 5.26 Å². The molecule has 0 saturated heterocycles. The first-order valence-electron chi connectivity index (χ1n) is 5.05. The van der Waals surface area contributed by atoms with Gasteiger partial charge in [-0.05, 0) is 30.2 Å². The summed E-state index contributed by atoms with van der Waals surface area (Å²) in [7, 11) is 0. The van der Waals surface area contributed by atoms with E-state index < -0.39 is 0 Å². The van der Waals surface area contributed by atoms with Crippen LogP contribution in [0.4, 0.5) is 5.69 Å². The van der Waals surface area contributed by atoms with Crippen LogP contribution in [0.3, 0.4) is 0 Å². The largest absolute Gasteiger partial charge is 0.394 e. The Morgan fingerprint density at radius 2 is 1.93 bits per heavy atom. The van der Waals surface area contributed by atoms with Gasteiger partial charge in [0.25, 0.3) is 0 Å². The molecule has 1 aromatic rings. The number of nitriles is 1. The Labute approximate surface area is 90.4 Å². The van der Waals surface area contributed by atoms with Crippen LogP contribution < -0.4 is 5.32 Å². The Hall–Kier alpha value is -1.53. The number of hydrogen-bond acceptors (Lipinski definition) is 3. The zero-order valence-electron chi connectivity index (χ0n) is 9.07. The number of aliphatic hydroxyl groups excluding tert-OH is 1. The summed E-state index contributed by atoms with van der Waals surface area (Å²) >= 11 is 0. The van der Waals surface area contributed by atoms with Gasteiger partial charge < -0.3 is 10.4 Å². The summed E-state index contributed by atoms with van der Waals surface area (Å²) in [5.41, 5.74) is 1.58. The number of benzene rings is 1. The van der Waals surface area contributed by atoms with E-state index in [1.807, 2.05) is 12.1 Å². The molecular formula is C12H16N2O. The van der Waals surface area contributed by atoms with Crippen molar-refractivity contribution in [2.75, 3.05) is 11.9 Å². The van der Waals surface area contributed by atoms with Crippen LogP contribution in [0.5, 0.6) is 0 Å². The van der Waals surface area contributed by atoms with Gasteiger partial charge in [0, 0.05) is 5.69 Å². The molecule has 15 heavy (non-hydrogen) atoms. The van der Waals surface area contributed by atoms with E-state index in [2.05, 4.69) is 25.2 Å². The number of rotatable bonds is 4.